The molecule has 12 heavy (non-hydrogen) atoms. The maximum absolute atomic E-state index is 10.8. The smallest absolute Gasteiger partial charge is 0.269 e. The predicted molar refractivity (Wildman–Crippen MR) is 43.7 cm³/mol. The van der Waals surface area contributed by atoms with E-state index in [9.17, 15) is 13.2 Å². The second kappa shape index (κ2) is 4.22. The van der Waals surface area contributed by atoms with Gasteiger partial charge in [0.1, 0.15) is 0 Å². The van der Waals surface area contributed by atoms with E-state index in [0.717, 1.165) is 0 Å². The van der Waals surface area contributed by atoms with E-state index in [1.54, 1.807) is 0 Å². The van der Waals surface area contributed by atoms with Gasteiger partial charge in [-0.3, -0.25) is 9.35 Å². The van der Waals surface area contributed by atoms with Gasteiger partial charge in [-0.2, -0.15) is 8.42 Å². The maximum atomic E-state index is 10.8. The van der Waals surface area contributed by atoms with Gasteiger partial charge in [-0.1, -0.05) is 19.9 Å². The maximum Gasteiger partial charge on any atom is 0.359 e. The fourth-order valence-corrected chi connectivity index (χ4v) is 0.983. The standard InChI is InChI=1S/C6H11NO4S/c1-3-4-5(2)6(8)7-12(9,10)11/h2-4H2,1H3,(H,7,8)(H,9,10,11). The van der Waals surface area contributed by atoms with Crippen LogP contribution in [0.4, 0.5) is 0 Å². The zero-order valence-electron chi connectivity index (χ0n) is 6.70. The second-order valence-corrected chi connectivity index (χ2v) is 3.41. The minimum atomic E-state index is -4.45. The predicted octanol–water partition coefficient (Wildman–Crippen LogP) is 0.262. The fraction of sp³-hybridized carbons (Fsp3) is 0.500. The molecule has 1 amide bonds. The largest absolute Gasteiger partial charge is 0.359 e. The first-order valence-electron chi connectivity index (χ1n) is 3.34. The summed E-state index contributed by atoms with van der Waals surface area (Å²) in [4.78, 5) is 10.8. The SMILES string of the molecule is C=C(CCC)C(=O)NS(=O)(=O)O. The molecule has 0 saturated heterocycles. The third-order valence-electron chi connectivity index (χ3n) is 1.09. The van der Waals surface area contributed by atoms with Crippen LogP contribution in [0.3, 0.4) is 0 Å². The van der Waals surface area contributed by atoms with Crippen LogP contribution in [0.5, 0.6) is 0 Å². The Morgan fingerprint density at radius 2 is 2.08 bits per heavy atom. The number of hydrogen-bond donors (Lipinski definition) is 2. The zero-order chi connectivity index (χ0) is 9.78. The van der Waals surface area contributed by atoms with Crippen LogP contribution >= 0.6 is 0 Å². The van der Waals surface area contributed by atoms with E-state index in [4.69, 9.17) is 4.55 Å². The summed E-state index contributed by atoms with van der Waals surface area (Å²) < 4.78 is 29.9. The highest BCUT2D eigenvalue weighted by atomic mass is 32.2. The van der Waals surface area contributed by atoms with Crippen LogP contribution in [0.25, 0.3) is 0 Å². The van der Waals surface area contributed by atoms with Gasteiger partial charge in [0.25, 0.3) is 5.91 Å². The van der Waals surface area contributed by atoms with Crippen LogP contribution in [0.2, 0.25) is 0 Å². The van der Waals surface area contributed by atoms with Gasteiger partial charge in [0, 0.05) is 5.57 Å². The van der Waals surface area contributed by atoms with E-state index in [1.165, 1.54) is 4.72 Å². The monoisotopic (exact) mass is 193 g/mol. The van der Waals surface area contributed by atoms with E-state index in [1.807, 2.05) is 6.92 Å². The highest BCUT2D eigenvalue weighted by Crippen LogP contribution is 2.01. The molecule has 0 atom stereocenters. The molecule has 0 heterocycles. The Kier molecular flexibility index (Phi) is 3.91. The molecule has 5 nitrogen and oxygen atoms in total. The summed E-state index contributed by atoms with van der Waals surface area (Å²) in [5, 5.41) is 0. The van der Waals surface area contributed by atoms with Crippen LogP contribution in [-0.4, -0.2) is 18.9 Å². The summed E-state index contributed by atoms with van der Waals surface area (Å²) in [6.07, 6.45) is 1.10. The molecule has 0 aromatic heterocycles. The number of amides is 1. The highest BCUT2D eigenvalue weighted by molar-refractivity contribution is 7.84. The topological polar surface area (TPSA) is 83.5 Å². The minimum absolute atomic E-state index is 0.134. The molecule has 0 aliphatic heterocycles. The molecule has 0 radical (unpaired) electrons. The van der Waals surface area contributed by atoms with Crippen molar-refractivity contribution in [3.63, 3.8) is 0 Å². The Morgan fingerprint density at radius 1 is 1.58 bits per heavy atom. The second-order valence-electron chi connectivity index (χ2n) is 2.26. The summed E-state index contributed by atoms with van der Waals surface area (Å²) >= 11 is 0. The highest BCUT2D eigenvalue weighted by Gasteiger charge is 2.12. The van der Waals surface area contributed by atoms with Crippen molar-refractivity contribution < 1.29 is 17.8 Å². The Morgan fingerprint density at radius 3 is 2.42 bits per heavy atom. The third-order valence-corrected chi connectivity index (χ3v) is 1.54. The number of nitrogens with one attached hydrogen (secondary N) is 1. The molecule has 0 aromatic rings. The molecule has 6 heteroatoms. The normalized spacial score (nSPS) is 10.8. The molecule has 0 aliphatic carbocycles. The van der Waals surface area contributed by atoms with Gasteiger partial charge < -0.3 is 0 Å². The Labute approximate surface area is 71.3 Å². The lowest BCUT2D eigenvalue weighted by Crippen LogP contribution is -2.30. The lowest BCUT2D eigenvalue weighted by atomic mass is 10.2. The molecule has 0 fully saturated rings. The number of rotatable bonds is 4. The zero-order valence-corrected chi connectivity index (χ0v) is 7.52. The molecular formula is C6H11NO4S. The summed E-state index contributed by atoms with van der Waals surface area (Å²) in [5.41, 5.74) is 0.134. The van der Waals surface area contributed by atoms with E-state index in [0.29, 0.717) is 12.8 Å². The number of carbonyl (C=O) groups excluding carboxylic acids is 1. The van der Waals surface area contributed by atoms with Crippen LogP contribution in [0.15, 0.2) is 12.2 Å². The molecule has 0 unspecified atom stereocenters. The van der Waals surface area contributed by atoms with Crippen LogP contribution in [-0.2, 0) is 15.1 Å². The molecule has 70 valence electrons. The lowest BCUT2D eigenvalue weighted by molar-refractivity contribution is -0.116. The summed E-state index contributed by atoms with van der Waals surface area (Å²) in [5.74, 6) is -0.862. The molecule has 2 N–H and O–H groups in total. The molecule has 0 aromatic carbocycles. The van der Waals surface area contributed by atoms with Gasteiger partial charge in [-0.25, -0.2) is 4.72 Å². The Balaban J connectivity index is 4.15. The van der Waals surface area contributed by atoms with E-state index >= 15 is 0 Å². The van der Waals surface area contributed by atoms with Crippen molar-refractivity contribution >= 4 is 16.2 Å². The molecule has 0 bridgehead atoms. The third kappa shape index (κ3) is 4.86. The Hall–Kier alpha value is -0.880. The van der Waals surface area contributed by atoms with Gasteiger partial charge in [0.2, 0.25) is 0 Å². The fourth-order valence-electron chi connectivity index (χ4n) is 0.605. The summed E-state index contributed by atoms with van der Waals surface area (Å²) in [6, 6.07) is 0. The van der Waals surface area contributed by atoms with Gasteiger partial charge >= 0.3 is 10.3 Å². The number of hydrogen-bond acceptors (Lipinski definition) is 3. The van der Waals surface area contributed by atoms with Gasteiger partial charge in [-0.05, 0) is 6.42 Å². The quantitative estimate of drug-likeness (QED) is 0.495. The van der Waals surface area contributed by atoms with Gasteiger partial charge in [0.05, 0.1) is 0 Å². The number of carbonyl (C=O) groups is 1. The van der Waals surface area contributed by atoms with E-state index in [2.05, 4.69) is 6.58 Å². The molecule has 0 spiro atoms. The first kappa shape index (κ1) is 11.1. The van der Waals surface area contributed by atoms with E-state index < -0.39 is 16.2 Å². The average molecular weight is 193 g/mol. The van der Waals surface area contributed by atoms with Crippen molar-refractivity contribution in [2.45, 2.75) is 19.8 Å². The first-order chi connectivity index (χ1) is 5.37. The first-order valence-corrected chi connectivity index (χ1v) is 4.78. The van der Waals surface area contributed by atoms with Crippen LogP contribution < -0.4 is 4.72 Å². The van der Waals surface area contributed by atoms with Gasteiger partial charge in [0.15, 0.2) is 0 Å². The van der Waals surface area contributed by atoms with Gasteiger partial charge in [-0.15, -0.1) is 0 Å². The van der Waals surface area contributed by atoms with Crippen molar-refractivity contribution in [2.24, 2.45) is 0 Å². The minimum Gasteiger partial charge on any atom is -0.269 e. The van der Waals surface area contributed by atoms with Crippen LogP contribution in [0.1, 0.15) is 19.8 Å². The average Bonchev–Trinajstić information content (AvgIpc) is 1.84. The molecule has 0 aliphatic rings. The lowest BCUT2D eigenvalue weighted by Gasteiger charge is -2.02. The summed E-state index contributed by atoms with van der Waals surface area (Å²) in [6.45, 7) is 5.17. The molecule has 0 rings (SSSR count). The Bertz CT molecular complexity index is 280. The molecule has 0 saturated carbocycles. The summed E-state index contributed by atoms with van der Waals surface area (Å²) in [7, 11) is -4.45. The van der Waals surface area contributed by atoms with Crippen molar-refractivity contribution in [2.75, 3.05) is 0 Å². The van der Waals surface area contributed by atoms with E-state index in [-0.39, 0.29) is 5.57 Å². The van der Waals surface area contributed by atoms with Crippen molar-refractivity contribution in [3.05, 3.63) is 12.2 Å². The van der Waals surface area contributed by atoms with Crippen LogP contribution in [0, 0.1) is 0 Å². The molecular weight excluding hydrogens is 182 g/mol. The van der Waals surface area contributed by atoms with Crippen molar-refractivity contribution in [3.8, 4) is 0 Å². The van der Waals surface area contributed by atoms with Crippen molar-refractivity contribution in [1.29, 1.82) is 0 Å². The van der Waals surface area contributed by atoms with Crippen molar-refractivity contribution in [1.82, 2.24) is 4.72 Å².